The number of carbonyl (C=O) groups excluding carboxylic acids is 2. The first kappa shape index (κ1) is 20.0. The number of anilines is 3. The van der Waals surface area contributed by atoms with Gasteiger partial charge < -0.3 is 15.1 Å². The Bertz CT molecular complexity index is 1070. The number of hydrogen-bond acceptors (Lipinski definition) is 4. The number of rotatable bonds is 5. The Morgan fingerprint density at radius 1 is 1.07 bits per heavy atom. The van der Waals surface area contributed by atoms with Crippen molar-refractivity contribution >= 4 is 40.6 Å². The van der Waals surface area contributed by atoms with Gasteiger partial charge in [0.1, 0.15) is 0 Å². The van der Waals surface area contributed by atoms with Crippen LogP contribution in [0.4, 0.5) is 17.1 Å². The summed E-state index contributed by atoms with van der Waals surface area (Å²) in [4.78, 5) is 29.4. The highest BCUT2D eigenvalue weighted by atomic mass is 32.2. The Hall–Kier alpha value is -3.25. The normalized spacial score (nSPS) is 13.0. The molecule has 1 N–H and O–H groups in total. The van der Waals surface area contributed by atoms with E-state index in [-0.39, 0.29) is 11.8 Å². The molecular weight excluding hydrogens is 394 g/mol. The molecular formula is C24H23N3O2S. The predicted octanol–water partition coefficient (Wildman–Crippen LogP) is 4.64. The summed E-state index contributed by atoms with van der Waals surface area (Å²) >= 11 is 1.50. The molecule has 1 aliphatic rings. The zero-order valence-electron chi connectivity index (χ0n) is 17.0. The zero-order chi connectivity index (χ0) is 21.1. The van der Waals surface area contributed by atoms with Gasteiger partial charge in [0.05, 0.1) is 11.4 Å². The second kappa shape index (κ2) is 8.63. The van der Waals surface area contributed by atoms with E-state index in [2.05, 4.69) is 29.4 Å². The molecule has 5 nitrogen and oxygen atoms in total. The van der Waals surface area contributed by atoms with Crippen molar-refractivity contribution in [3.63, 3.8) is 0 Å². The maximum Gasteiger partial charge on any atom is 0.255 e. The van der Waals surface area contributed by atoms with Crippen LogP contribution in [0.15, 0.2) is 77.7 Å². The lowest BCUT2D eigenvalue weighted by molar-refractivity contribution is -0.116. The molecule has 30 heavy (non-hydrogen) atoms. The van der Waals surface area contributed by atoms with Gasteiger partial charge in [-0.25, -0.2) is 0 Å². The van der Waals surface area contributed by atoms with Gasteiger partial charge in [-0.1, -0.05) is 30.3 Å². The van der Waals surface area contributed by atoms with Crippen molar-refractivity contribution in [3.8, 4) is 0 Å². The molecule has 0 saturated heterocycles. The molecule has 0 atom stereocenters. The number of fused-ring (bicyclic) bond motifs is 1. The van der Waals surface area contributed by atoms with Gasteiger partial charge in [0.15, 0.2) is 0 Å². The van der Waals surface area contributed by atoms with Crippen LogP contribution < -0.4 is 15.1 Å². The number of nitrogens with zero attached hydrogens (tertiary/aromatic N) is 2. The Balaban J connectivity index is 1.42. The fourth-order valence-electron chi connectivity index (χ4n) is 3.36. The van der Waals surface area contributed by atoms with Crippen molar-refractivity contribution in [3.05, 3.63) is 83.9 Å². The van der Waals surface area contributed by atoms with Crippen molar-refractivity contribution in [2.75, 3.05) is 35.0 Å². The molecule has 152 valence electrons. The molecule has 0 aliphatic carbocycles. The summed E-state index contributed by atoms with van der Waals surface area (Å²) in [5.41, 5.74) is 4.36. The number of hydrogen-bond donors (Lipinski definition) is 1. The SMILES string of the molecule is CN(Cc1ccc(NC(=O)c2ccc3c(c2)N(C)C(=O)CS3)cc1)c1ccccc1. The maximum absolute atomic E-state index is 12.7. The number of benzene rings is 3. The van der Waals surface area contributed by atoms with E-state index in [4.69, 9.17) is 0 Å². The van der Waals surface area contributed by atoms with Gasteiger partial charge in [0, 0.05) is 42.5 Å². The van der Waals surface area contributed by atoms with E-state index in [0.29, 0.717) is 11.3 Å². The van der Waals surface area contributed by atoms with E-state index in [1.54, 1.807) is 24.1 Å². The summed E-state index contributed by atoms with van der Waals surface area (Å²) < 4.78 is 0. The zero-order valence-corrected chi connectivity index (χ0v) is 17.8. The van der Waals surface area contributed by atoms with Crippen LogP contribution in [0.5, 0.6) is 0 Å². The van der Waals surface area contributed by atoms with Gasteiger partial charge in [-0.05, 0) is 48.0 Å². The molecule has 0 unspecified atom stereocenters. The minimum Gasteiger partial charge on any atom is -0.370 e. The van der Waals surface area contributed by atoms with Gasteiger partial charge in [-0.15, -0.1) is 11.8 Å². The largest absolute Gasteiger partial charge is 0.370 e. The Morgan fingerprint density at radius 3 is 2.53 bits per heavy atom. The van der Waals surface area contributed by atoms with E-state index in [0.717, 1.165) is 34.1 Å². The minimum atomic E-state index is -0.191. The average Bonchev–Trinajstić information content (AvgIpc) is 2.78. The molecule has 1 heterocycles. The summed E-state index contributed by atoms with van der Waals surface area (Å²) in [7, 11) is 3.80. The van der Waals surface area contributed by atoms with Crippen molar-refractivity contribution in [2.24, 2.45) is 0 Å². The molecule has 3 aromatic carbocycles. The molecule has 0 bridgehead atoms. The highest BCUT2D eigenvalue weighted by Gasteiger charge is 2.22. The Morgan fingerprint density at radius 2 is 1.80 bits per heavy atom. The Kier molecular flexibility index (Phi) is 5.77. The number of carbonyl (C=O) groups is 2. The van der Waals surface area contributed by atoms with Gasteiger partial charge >= 0.3 is 0 Å². The van der Waals surface area contributed by atoms with E-state index in [9.17, 15) is 9.59 Å². The van der Waals surface area contributed by atoms with E-state index in [1.165, 1.54) is 11.8 Å². The average molecular weight is 418 g/mol. The van der Waals surface area contributed by atoms with E-state index in [1.807, 2.05) is 48.5 Å². The molecule has 1 aliphatic heterocycles. The molecule has 4 rings (SSSR count). The van der Waals surface area contributed by atoms with Crippen LogP contribution in [-0.2, 0) is 11.3 Å². The van der Waals surface area contributed by atoms with Gasteiger partial charge in [0.2, 0.25) is 5.91 Å². The second-order valence-electron chi connectivity index (χ2n) is 7.27. The first-order chi connectivity index (χ1) is 14.5. The quantitative estimate of drug-likeness (QED) is 0.657. The fraction of sp³-hybridized carbons (Fsp3) is 0.167. The topological polar surface area (TPSA) is 52.7 Å². The molecule has 0 aromatic heterocycles. The highest BCUT2D eigenvalue weighted by molar-refractivity contribution is 8.00. The number of para-hydroxylation sites is 1. The number of amides is 2. The summed E-state index contributed by atoms with van der Waals surface area (Å²) in [6.45, 7) is 0.779. The first-order valence-corrected chi connectivity index (χ1v) is 10.7. The Labute approximate surface area is 180 Å². The summed E-state index contributed by atoms with van der Waals surface area (Å²) in [5, 5.41) is 2.94. The first-order valence-electron chi connectivity index (χ1n) is 9.71. The lowest BCUT2D eigenvalue weighted by Crippen LogP contribution is -2.31. The molecule has 0 spiro atoms. The molecule has 0 fully saturated rings. The van der Waals surface area contributed by atoms with Crippen LogP contribution in [0.1, 0.15) is 15.9 Å². The lowest BCUT2D eigenvalue weighted by Gasteiger charge is -2.25. The van der Waals surface area contributed by atoms with Gasteiger partial charge in [-0.2, -0.15) is 0 Å². The third-order valence-electron chi connectivity index (χ3n) is 5.14. The summed E-state index contributed by atoms with van der Waals surface area (Å²) in [6.07, 6.45) is 0. The van der Waals surface area contributed by atoms with Crippen LogP contribution in [0, 0.1) is 0 Å². The lowest BCUT2D eigenvalue weighted by atomic mass is 10.1. The van der Waals surface area contributed by atoms with Crippen LogP contribution >= 0.6 is 11.8 Å². The fourth-order valence-corrected chi connectivity index (χ4v) is 4.34. The van der Waals surface area contributed by atoms with Crippen molar-refractivity contribution in [1.82, 2.24) is 0 Å². The van der Waals surface area contributed by atoms with Gasteiger partial charge in [-0.3, -0.25) is 9.59 Å². The van der Waals surface area contributed by atoms with E-state index >= 15 is 0 Å². The second-order valence-corrected chi connectivity index (χ2v) is 8.28. The number of thioether (sulfide) groups is 1. The monoisotopic (exact) mass is 417 g/mol. The van der Waals surface area contributed by atoms with Crippen molar-refractivity contribution in [2.45, 2.75) is 11.4 Å². The van der Waals surface area contributed by atoms with Crippen molar-refractivity contribution in [1.29, 1.82) is 0 Å². The summed E-state index contributed by atoms with van der Waals surface area (Å²) in [6, 6.07) is 23.6. The van der Waals surface area contributed by atoms with Crippen LogP contribution in [0.25, 0.3) is 0 Å². The molecule has 3 aromatic rings. The molecule has 6 heteroatoms. The molecule has 2 amide bonds. The van der Waals surface area contributed by atoms with Crippen LogP contribution in [0.3, 0.4) is 0 Å². The third-order valence-corrected chi connectivity index (χ3v) is 6.18. The molecule has 0 radical (unpaired) electrons. The standard InChI is InChI=1S/C24H23N3O2S/c1-26(20-6-4-3-5-7-20)15-17-8-11-19(12-9-17)25-24(29)18-10-13-22-21(14-18)27(2)23(28)16-30-22/h3-14H,15-16H2,1-2H3,(H,25,29). The predicted molar refractivity (Wildman–Crippen MR) is 124 cm³/mol. The van der Waals surface area contributed by atoms with Crippen LogP contribution in [0.2, 0.25) is 0 Å². The van der Waals surface area contributed by atoms with Crippen LogP contribution in [-0.4, -0.2) is 31.7 Å². The maximum atomic E-state index is 12.7. The smallest absolute Gasteiger partial charge is 0.255 e. The third kappa shape index (κ3) is 4.33. The number of nitrogens with one attached hydrogen (secondary N) is 1. The highest BCUT2D eigenvalue weighted by Crippen LogP contribution is 2.35. The van der Waals surface area contributed by atoms with Gasteiger partial charge in [0.25, 0.3) is 5.91 Å². The van der Waals surface area contributed by atoms with E-state index < -0.39 is 0 Å². The minimum absolute atomic E-state index is 0.0427. The molecule has 0 saturated carbocycles. The summed E-state index contributed by atoms with van der Waals surface area (Å²) in [5.74, 6) is 0.283. The van der Waals surface area contributed by atoms with Crippen molar-refractivity contribution < 1.29 is 9.59 Å².